The summed E-state index contributed by atoms with van der Waals surface area (Å²) in [5, 5.41) is 3.87. The second kappa shape index (κ2) is 5.40. The summed E-state index contributed by atoms with van der Waals surface area (Å²) in [6.45, 7) is 6.36. The van der Waals surface area contributed by atoms with Gasteiger partial charge in [0.25, 0.3) is 0 Å². The van der Waals surface area contributed by atoms with E-state index in [4.69, 9.17) is 15.0 Å². The van der Waals surface area contributed by atoms with Crippen molar-refractivity contribution in [2.24, 2.45) is 11.1 Å². The zero-order valence-electron chi connectivity index (χ0n) is 11.5. The van der Waals surface area contributed by atoms with E-state index in [9.17, 15) is 0 Å². The Hall–Kier alpha value is -1.88. The standard InChI is InChI=1S/C14H19N3O2/c1-14(2,3)12(15)13-16-11(17-19-13)9-18-10-7-5-4-6-8-10/h4-8,12H,9,15H2,1-3H3/t12-/m0/s1. The van der Waals surface area contributed by atoms with E-state index >= 15 is 0 Å². The molecule has 0 spiro atoms. The number of hydrogen-bond donors (Lipinski definition) is 1. The zero-order valence-corrected chi connectivity index (χ0v) is 11.5. The van der Waals surface area contributed by atoms with E-state index in [1.165, 1.54) is 0 Å². The summed E-state index contributed by atoms with van der Waals surface area (Å²) >= 11 is 0. The normalized spacial score (nSPS) is 13.3. The Morgan fingerprint density at radius 3 is 2.58 bits per heavy atom. The lowest BCUT2D eigenvalue weighted by molar-refractivity contribution is 0.249. The highest BCUT2D eigenvalue weighted by Crippen LogP contribution is 2.29. The van der Waals surface area contributed by atoms with Crippen molar-refractivity contribution < 1.29 is 9.26 Å². The van der Waals surface area contributed by atoms with Gasteiger partial charge in [-0.2, -0.15) is 4.98 Å². The van der Waals surface area contributed by atoms with E-state index in [-0.39, 0.29) is 18.1 Å². The molecule has 0 amide bonds. The first kappa shape index (κ1) is 13.5. The van der Waals surface area contributed by atoms with E-state index in [1.807, 2.05) is 51.1 Å². The second-order valence-corrected chi connectivity index (χ2v) is 5.49. The molecule has 0 saturated carbocycles. The summed E-state index contributed by atoms with van der Waals surface area (Å²) in [4.78, 5) is 4.26. The van der Waals surface area contributed by atoms with Crippen molar-refractivity contribution in [1.82, 2.24) is 10.1 Å². The molecule has 102 valence electrons. The summed E-state index contributed by atoms with van der Waals surface area (Å²) < 4.78 is 10.7. The molecule has 1 aromatic carbocycles. The largest absolute Gasteiger partial charge is 0.485 e. The predicted octanol–water partition coefficient (Wildman–Crippen LogP) is 2.69. The third kappa shape index (κ3) is 3.54. The van der Waals surface area contributed by atoms with Crippen LogP contribution in [-0.4, -0.2) is 10.1 Å². The van der Waals surface area contributed by atoms with Gasteiger partial charge in [-0.1, -0.05) is 44.1 Å². The van der Waals surface area contributed by atoms with Gasteiger partial charge in [0, 0.05) is 0 Å². The fourth-order valence-corrected chi connectivity index (χ4v) is 1.49. The SMILES string of the molecule is CC(C)(C)[C@@H](N)c1nc(COc2ccccc2)no1. The first-order valence-electron chi connectivity index (χ1n) is 6.23. The number of para-hydroxylation sites is 1. The topological polar surface area (TPSA) is 74.2 Å². The van der Waals surface area contributed by atoms with Crippen LogP contribution in [0.15, 0.2) is 34.9 Å². The molecule has 5 nitrogen and oxygen atoms in total. The summed E-state index contributed by atoms with van der Waals surface area (Å²) in [5.41, 5.74) is 5.93. The lowest BCUT2D eigenvalue weighted by Gasteiger charge is -2.23. The van der Waals surface area contributed by atoms with Crippen LogP contribution >= 0.6 is 0 Å². The molecule has 0 radical (unpaired) electrons. The van der Waals surface area contributed by atoms with Gasteiger partial charge in [0.05, 0.1) is 6.04 Å². The first-order chi connectivity index (χ1) is 8.97. The molecule has 0 saturated heterocycles. The fraction of sp³-hybridized carbons (Fsp3) is 0.429. The maximum Gasteiger partial charge on any atom is 0.244 e. The first-order valence-corrected chi connectivity index (χ1v) is 6.23. The van der Waals surface area contributed by atoms with Gasteiger partial charge in [-0.3, -0.25) is 0 Å². The van der Waals surface area contributed by atoms with E-state index in [0.29, 0.717) is 11.7 Å². The van der Waals surface area contributed by atoms with Crippen LogP contribution in [0, 0.1) is 5.41 Å². The van der Waals surface area contributed by atoms with Crippen molar-refractivity contribution in [3.63, 3.8) is 0 Å². The minimum atomic E-state index is -0.287. The Bertz CT molecular complexity index is 517. The molecule has 2 N–H and O–H groups in total. The molecule has 2 aromatic rings. The molecule has 1 atom stereocenters. The minimum Gasteiger partial charge on any atom is -0.485 e. The van der Waals surface area contributed by atoms with Crippen molar-refractivity contribution in [3.05, 3.63) is 42.0 Å². The van der Waals surface area contributed by atoms with E-state index < -0.39 is 0 Å². The number of aromatic nitrogens is 2. The highest BCUT2D eigenvalue weighted by molar-refractivity contribution is 5.20. The lowest BCUT2D eigenvalue weighted by Crippen LogP contribution is -2.26. The number of benzene rings is 1. The molecule has 0 unspecified atom stereocenters. The van der Waals surface area contributed by atoms with Gasteiger partial charge in [0.2, 0.25) is 11.7 Å². The van der Waals surface area contributed by atoms with Crippen LogP contribution in [0.25, 0.3) is 0 Å². The Morgan fingerprint density at radius 1 is 1.26 bits per heavy atom. The van der Waals surface area contributed by atoms with Crippen molar-refractivity contribution >= 4 is 0 Å². The van der Waals surface area contributed by atoms with Gasteiger partial charge >= 0.3 is 0 Å². The van der Waals surface area contributed by atoms with Crippen LogP contribution in [-0.2, 0) is 6.61 Å². The average molecular weight is 261 g/mol. The highest BCUT2D eigenvalue weighted by Gasteiger charge is 2.27. The van der Waals surface area contributed by atoms with Crippen LogP contribution in [0.2, 0.25) is 0 Å². The third-order valence-corrected chi connectivity index (χ3v) is 2.79. The Balaban J connectivity index is 1.98. The summed E-state index contributed by atoms with van der Waals surface area (Å²) in [5.74, 6) is 1.71. The smallest absolute Gasteiger partial charge is 0.244 e. The van der Waals surface area contributed by atoms with Crippen LogP contribution < -0.4 is 10.5 Å². The predicted molar refractivity (Wildman–Crippen MR) is 71.5 cm³/mol. The molecule has 0 aliphatic carbocycles. The monoisotopic (exact) mass is 261 g/mol. The van der Waals surface area contributed by atoms with Crippen molar-refractivity contribution in [3.8, 4) is 5.75 Å². The van der Waals surface area contributed by atoms with Gasteiger partial charge in [0.15, 0.2) is 6.61 Å². The van der Waals surface area contributed by atoms with Gasteiger partial charge in [-0.05, 0) is 17.5 Å². The van der Waals surface area contributed by atoms with Crippen molar-refractivity contribution in [2.75, 3.05) is 0 Å². The molecule has 2 rings (SSSR count). The maximum absolute atomic E-state index is 6.06. The number of nitrogens with zero attached hydrogens (tertiary/aromatic N) is 2. The molecule has 19 heavy (non-hydrogen) atoms. The Labute approximate surface area is 112 Å². The average Bonchev–Trinajstić information content (AvgIpc) is 2.84. The molecule has 5 heteroatoms. The molecule has 1 aromatic heterocycles. The van der Waals surface area contributed by atoms with E-state index in [2.05, 4.69) is 10.1 Å². The summed E-state index contributed by atoms with van der Waals surface area (Å²) in [7, 11) is 0. The molecular weight excluding hydrogens is 242 g/mol. The quantitative estimate of drug-likeness (QED) is 0.915. The molecule has 0 fully saturated rings. The van der Waals surface area contributed by atoms with E-state index in [1.54, 1.807) is 0 Å². The van der Waals surface area contributed by atoms with Gasteiger partial charge in [-0.15, -0.1) is 0 Å². The summed E-state index contributed by atoms with van der Waals surface area (Å²) in [6.07, 6.45) is 0. The molecule has 0 bridgehead atoms. The Kier molecular flexibility index (Phi) is 3.85. The molecule has 1 heterocycles. The summed E-state index contributed by atoms with van der Waals surface area (Å²) in [6, 6.07) is 9.22. The number of rotatable bonds is 4. The minimum absolute atomic E-state index is 0.121. The van der Waals surface area contributed by atoms with Crippen molar-refractivity contribution in [2.45, 2.75) is 33.4 Å². The zero-order chi connectivity index (χ0) is 13.9. The molecular formula is C14H19N3O2. The third-order valence-electron chi connectivity index (χ3n) is 2.79. The van der Waals surface area contributed by atoms with Crippen LogP contribution in [0.4, 0.5) is 0 Å². The van der Waals surface area contributed by atoms with Crippen molar-refractivity contribution in [1.29, 1.82) is 0 Å². The Morgan fingerprint density at radius 2 is 1.95 bits per heavy atom. The van der Waals surface area contributed by atoms with E-state index in [0.717, 1.165) is 5.75 Å². The van der Waals surface area contributed by atoms with Gasteiger partial charge < -0.3 is 15.0 Å². The maximum atomic E-state index is 6.06. The lowest BCUT2D eigenvalue weighted by atomic mass is 9.87. The fourth-order valence-electron chi connectivity index (χ4n) is 1.49. The number of ether oxygens (including phenoxy) is 1. The molecule has 0 aliphatic rings. The molecule has 0 aliphatic heterocycles. The number of hydrogen-bond acceptors (Lipinski definition) is 5. The van der Waals surface area contributed by atoms with Crippen LogP contribution in [0.5, 0.6) is 5.75 Å². The van der Waals surface area contributed by atoms with Crippen LogP contribution in [0.1, 0.15) is 38.5 Å². The van der Waals surface area contributed by atoms with Gasteiger partial charge in [0.1, 0.15) is 5.75 Å². The van der Waals surface area contributed by atoms with Gasteiger partial charge in [-0.25, -0.2) is 0 Å². The highest BCUT2D eigenvalue weighted by atomic mass is 16.5. The number of nitrogens with two attached hydrogens (primary N) is 1. The van der Waals surface area contributed by atoms with Crippen LogP contribution in [0.3, 0.4) is 0 Å². The second-order valence-electron chi connectivity index (χ2n) is 5.49.